The van der Waals surface area contributed by atoms with Crippen LogP contribution in [-0.2, 0) is 11.2 Å². The van der Waals surface area contributed by atoms with E-state index in [-0.39, 0.29) is 25.2 Å². The zero-order chi connectivity index (χ0) is 16.6. The van der Waals surface area contributed by atoms with Gasteiger partial charge in [0.05, 0.1) is 6.04 Å². The second-order valence-corrected chi connectivity index (χ2v) is 6.00. The molecule has 0 fully saturated rings. The Kier molecular flexibility index (Phi) is 10.3. The standard InChI is InChI=1S/C15H21F3N2OS.ClH/c1-22-10-9-12(19)14(21)20-13(15(16,17)18)8-7-11-5-3-2-4-6-11;/h2-6,12-13H,7-10,19H2,1H3,(H,20,21);1H. The molecule has 0 aromatic heterocycles. The van der Waals surface area contributed by atoms with Crippen molar-refractivity contribution in [1.82, 2.24) is 5.32 Å². The van der Waals surface area contributed by atoms with Crippen LogP contribution < -0.4 is 11.1 Å². The summed E-state index contributed by atoms with van der Waals surface area (Å²) in [5.41, 5.74) is 6.41. The van der Waals surface area contributed by atoms with Crippen molar-refractivity contribution >= 4 is 30.1 Å². The highest BCUT2D eigenvalue weighted by Gasteiger charge is 2.40. The molecule has 132 valence electrons. The van der Waals surface area contributed by atoms with E-state index in [1.54, 1.807) is 30.3 Å². The number of carbonyl (C=O) groups excluding carboxylic acids is 1. The molecule has 1 aromatic carbocycles. The Balaban J connectivity index is 0.00000484. The van der Waals surface area contributed by atoms with Gasteiger partial charge >= 0.3 is 6.18 Å². The Morgan fingerprint density at radius 3 is 2.39 bits per heavy atom. The Morgan fingerprint density at radius 2 is 1.87 bits per heavy atom. The molecule has 0 radical (unpaired) electrons. The lowest BCUT2D eigenvalue weighted by molar-refractivity contribution is -0.163. The first-order valence-electron chi connectivity index (χ1n) is 7.00. The lowest BCUT2D eigenvalue weighted by Crippen LogP contribution is -2.51. The summed E-state index contributed by atoms with van der Waals surface area (Å²) in [6.07, 6.45) is -2.23. The molecule has 0 spiro atoms. The van der Waals surface area contributed by atoms with Gasteiger partial charge in [0.15, 0.2) is 0 Å². The van der Waals surface area contributed by atoms with Crippen LogP contribution >= 0.6 is 24.2 Å². The van der Waals surface area contributed by atoms with E-state index in [0.717, 1.165) is 5.56 Å². The Morgan fingerprint density at radius 1 is 1.26 bits per heavy atom. The molecule has 3 N–H and O–H groups in total. The number of halogens is 4. The van der Waals surface area contributed by atoms with E-state index >= 15 is 0 Å². The molecule has 2 atom stereocenters. The van der Waals surface area contributed by atoms with Crippen molar-refractivity contribution in [2.45, 2.75) is 37.5 Å². The van der Waals surface area contributed by atoms with E-state index < -0.39 is 24.2 Å². The van der Waals surface area contributed by atoms with Crippen LogP contribution in [0.15, 0.2) is 30.3 Å². The van der Waals surface area contributed by atoms with Crippen LogP contribution in [0.3, 0.4) is 0 Å². The van der Waals surface area contributed by atoms with Crippen LogP contribution in [0.5, 0.6) is 0 Å². The van der Waals surface area contributed by atoms with Gasteiger partial charge in [-0.3, -0.25) is 4.79 Å². The molecular weight excluding hydrogens is 349 g/mol. The summed E-state index contributed by atoms with van der Waals surface area (Å²) in [6, 6.07) is 6.09. The largest absolute Gasteiger partial charge is 0.408 e. The van der Waals surface area contributed by atoms with Crippen molar-refractivity contribution in [3.8, 4) is 0 Å². The van der Waals surface area contributed by atoms with Gasteiger partial charge in [0.1, 0.15) is 6.04 Å². The summed E-state index contributed by atoms with van der Waals surface area (Å²) in [5.74, 6) is -0.112. The van der Waals surface area contributed by atoms with E-state index in [0.29, 0.717) is 12.2 Å². The first kappa shape index (κ1) is 22.1. The third-order valence-corrected chi connectivity index (χ3v) is 3.89. The van der Waals surface area contributed by atoms with Crippen molar-refractivity contribution in [1.29, 1.82) is 0 Å². The van der Waals surface area contributed by atoms with Crippen molar-refractivity contribution < 1.29 is 18.0 Å². The minimum Gasteiger partial charge on any atom is -0.343 e. The fourth-order valence-corrected chi connectivity index (χ4v) is 2.42. The highest BCUT2D eigenvalue weighted by atomic mass is 35.5. The number of hydrogen-bond donors (Lipinski definition) is 2. The number of nitrogens with two attached hydrogens (primary N) is 1. The number of nitrogens with one attached hydrogen (secondary N) is 1. The summed E-state index contributed by atoms with van der Waals surface area (Å²) >= 11 is 1.50. The zero-order valence-corrected chi connectivity index (χ0v) is 14.4. The first-order valence-corrected chi connectivity index (χ1v) is 8.39. The molecule has 2 unspecified atom stereocenters. The molecule has 0 aliphatic carbocycles. The fourth-order valence-electron chi connectivity index (χ4n) is 1.93. The average Bonchev–Trinajstić information content (AvgIpc) is 2.48. The lowest BCUT2D eigenvalue weighted by Gasteiger charge is -2.23. The highest BCUT2D eigenvalue weighted by molar-refractivity contribution is 7.98. The summed E-state index contributed by atoms with van der Waals surface area (Å²) < 4.78 is 39.1. The predicted molar refractivity (Wildman–Crippen MR) is 91.0 cm³/mol. The van der Waals surface area contributed by atoms with Gasteiger partial charge in [-0.25, -0.2) is 0 Å². The molecule has 1 rings (SSSR count). The van der Waals surface area contributed by atoms with Gasteiger partial charge < -0.3 is 11.1 Å². The molecule has 0 heterocycles. The molecule has 0 bridgehead atoms. The summed E-state index contributed by atoms with van der Waals surface area (Å²) in [7, 11) is 0. The van der Waals surface area contributed by atoms with Crippen molar-refractivity contribution in [3.63, 3.8) is 0 Å². The Bertz CT molecular complexity index is 460. The molecule has 3 nitrogen and oxygen atoms in total. The van der Waals surface area contributed by atoms with Crippen LogP contribution in [0, 0.1) is 0 Å². The molecule has 0 saturated carbocycles. The van der Waals surface area contributed by atoms with Gasteiger partial charge in [-0.1, -0.05) is 30.3 Å². The number of amides is 1. The number of alkyl halides is 3. The Hall–Kier alpha value is -0.920. The van der Waals surface area contributed by atoms with Crippen molar-refractivity contribution in [3.05, 3.63) is 35.9 Å². The number of benzene rings is 1. The van der Waals surface area contributed by atoms with E-state index in [9.17, 15) is 18.0 Å². The van der Waals surface area contributed by atoms with E-state index in [2.05, 4.69) is 0 Å². The van der Waals surface area contributed by atoms with Gasteiger partial charge in [0.25, 0.3) is 0 Å². The maximum absolute atomic E-state index is 13.0. The third-order valence-electron chi connectivity index (χ3n) is 3.25. The summed E-state index contributed by atoms with van der Waals surface area (Å²) in [4.78, 5) is 11.8. The van der Waals surface area contributed by atoms with Crippen LogP contribution in [0.4, 0.5) is 13.2 Å². The minimum absolute atomic E-state index is 0. The highest BCUT2D eigenvalue weighted by Crippen LogP contribution is 2.24. The van der Waals surface area contributed by atoms with Crippen LogP contribution in [-0.4, -0.2) is 36.2 Å². The summed E-state index contributed by atoms with van der Waals surface area (Å²) in [6.45, 7) is 0. The third kappa shape index (κ3) is 8.48. The summed E-state index contributed by atoms with van der Waals surface area (Å²) in [5, 5.41) is 2.04. The van der Waals surface area contributed by atoms with E-state index in [1.165, 1.54) is 11.8 Å². The van der Waals surface area contributed by atoms with Crippen molar-refractivity contribution in [2.75, 3.05) is 12.0 Å². The van der Waals surface area contributed by atoms with Crippen LogP contribution in [0.2, 0.25) is 0 Å². The molecule has 8 heteroatoms. The maximum Gasteiger partial charge on any atom is 0.408 e. The molecule has 0 aliphatic heterocycles. The average molecular weight is 371 g/mol. The van der Waals surface area contributed by atoms with Gasteiger partial charge in [-0.05, 0) is 36.8 Å². The lowest BCUT2D eigenvalue weighted by atomic mass is 10.0. The SMILES string of the molecule is CSCCC(N)C(=O)NC(CCc1ccccc1)C(F)(F)F.Cl. The number of thioether (sulfide) groups is 1. The molecule has 0 aliphatic rings. The number of rotatable bonds is 8. The quantitative estimate of drug-likeness (QED) is 0.739. The van der Waals surface area contributed by atoms with E-state index in [4.69, 9.17) is 5.73 Å². The topological polar surface area (TPSA) is 55.1 Å². The second kappa shape index (κ2) is 10.8. The molecule has 23 heavy (non-hydrogen) atoms. The first-order chi connectivity index (χ1) is 10.3. The molecule has 1 amide bonds. The van der Waals surface area contributed by atoms with Gasteiger partial charge in [0, 0.05) is 0 Å². The van der Waals surface area contributed by atoms with Crippen molar-refractivity contribution in [2.24, 2.45) is 5.73 Å². The monoisotopic (exact) mass is 370 g/mol. The smallest absolute Gasteiger partial charge is 0.343 e. The van der Waals surface area contributed by atoms with Gasteiger partial charge in [0.2, 0.25) is 5.91 Å². The minimum atomic E-state index is -4.48. The number of aryl methyl sites for hydroxylation is 1. The van der Waals surface area contributed by atoms with Gasteiger partial charge in [-0.2, -0.15) is 24.9 Å². The Labute approximate surface area is 145 Å². The fraction of sp³-hybridized carbons (Fsp3) is 0.533. The zero-order valence-electron chi connectivity index (χ0n) is 12.8. The molecular formula is C15H22ClF3N2OS. The van der Waals surface area contributed by atoms with Crippen LogP contribution in [0.25, 0.3) is 0 Å². The van der Waals surface area contributed by atoms with Crippen LogP contribution in [0.1, 0.15) is 18.4 Å². The number of hydrogen-bond acceptors (Lipinski definition) is 3. The predicted octanol–water partition coefficient (Wildman–Crippen LogP) is 3.17. The number of carbonyl (C=O) groups is 1. The molecule has 1 aromatic rings. The second-order valence-electron chi connectivity index (χ2n) is 5.02. The maximum atomic E-state index is 13.0. The molecule has 0 saturated heterocycles. The van der Waals surface area contributed by atoms with E-state index in [1.807, 2.05) is 11.6 Å². The van der Waals surface area contributed by atoms with Gasteiger partial charge in [-0.15, -0.1) is 12.4 Å². The normalized spacial score (nSPS) is 13.8.